The van der Waals surface area contributed by atoms with Gasteiger partial charge in [0.15, 0.2) is 0 Å². The fraction of sp³-hybridized carbons (Fsp3) is 0.188. The Morgan fingerprint density at radius 3 is 2.62 bits per heavy atom. The first kappa shape index (κ1) is 15.6. The van der Waals surface area contributed by atoms with E-state index in [1.165, 1.54) is 0 Å². The number of hydrogen-bond donors (Lipinski definition) is 2. The van der Waals surface area contributed by atoms with E-state index in [-0.39, 0.29) is 6.61 Å². The van der Waals surface area contributed by atoms with Gasteiger partial charge in [0.2, 0.25) is 0 Å². The van der Waals surface area contributed by atoms with Gasteiger partial charge in [-0.15, -0.1) is 0 Å². The number of ether oxygens (including phenoxy) is 1. The second kappa shape index (κ2) is 7.86. The molecule has 4 nitrogen and oxygen atoms in total. The maximum atomic E-state index is 9.92. The fourth-order valence-corrected chi connectivity index (χ4v) is 2.09. The van der Waals surface area contributed by atoms with Gasteiger partial charge in [-0.25, -0.2) is 0 Å². The van der Waals surface area contributed by atoms with Crippen molar-refractivity contribution in [1.82, 2.24) is 0 Å². The summed E-state index contributed by atoms with van der Waals surface area (Å²) >= 11 is 2.24. The molecule has 0 aliphatic carbocycles. The molecule has 0 radical (unpaired) electrons. The highest BCUT2D eigenvalue weighted by atomic mass is 127. The first-order valence-electron chi connectivity index (χ1n) is 6.48. The topological polar surface area (TPSA) is 65.3 Å². The van der Waals surface area contributed by atoms with Crippen molar-refractivity contribution in [3.63, 3.8) is 0 Å². The number of nitriles is 1. The van der Waals surface area contributed by atoms with Crippen LogP contribution >= 0.6 is 22.6 Å². The highest BCUT2D eigenvalue weighted by Crippen LogP contribution is 2.16. The summed E-state index contributed by atoms with van der Waals surface area (Å²) in [6, 6.07) is 16.9. The summed E-state index contributed by atoms with van der Waals surface area (Å²) in [5.74, 6) is 0.494. The SMILES string of the molecule is N#Cc1ccccc1OCC(O)CNc1ccc(I)cc1. The molecule has 0 spiro atoms. The Labute approximate surface area is 137 Å². The normalized spacial score (nSPS) is 11.5. The monoisotopic (exact) mass is 394 g/mol. The third-order valence-corrected chi connectivity index (χ3v) is 3.54. The Morgan fingerprint density at radius 1 is 1.19 bits per heavy atom. The van der Waals surface area contributed by atoms with E-state index in [0.29, 0.717) is 17.9 Å². The minimum atomic E-state index is -0.656. The van der Waals surface area contributed by atoms with E-state index in [9.17, 15) is 5.11 Å². The summed E-state index contributed by atoms with van der Waals surface area (Å²) in [7, 11) is 0. The summed E-state index contributed by atoms with van der Waals surface area (Å²) in [4.78, 5) is 0. The van der Waals surface area contributed by atoms with Crippen LogP contribution in [0, 0.1) is 14.9 Å². The van der Waals surface area contributed by atoms with Crippen molar-refractivity contribution >= 4 is 28.3 Å². The predicted octanol–water partition coefficient (Wildman–Crippen LogP) is 3.01. The van der Waals surface area contributed by atoms with E-state index in [1.54, 1.807) is 24.3 Å². The van der Waals surface area contributed by atoms with Crippen molar-refractivity contribution in [2.24, 2.45) is 0 Å². The Balaban J connectivity index is 1.81. The van der Waals surface area contributed by atoms with Crippen molar-refractivity contribution < 1.29 is 9.84 Å². The molecule has 2 rings (SSSR count). The molecule has 0 fully saturated rings. The molecule has 1 unspecified atom stereocenters. The predicted molar refractivity (Wildman–Crippen MR) is 90.3 cm³/mol. The number of hydrogen-bond acceptors (Lipinski definition) is 4. The first-order valence-corrected chi connectivity index (χ1v) is 7.56. The molecule has 0 amide bonds. The lowest BCUT2D eigenvalue weighted by molar-refractivity contribution is 0.117. The number of nitrogens with one attached hydrogen (secondary N) is 1. The number of halogens is 1. The summed E-state index contributed by atoms with van der Waals surface area (Å²) in [6.45, 7) is 0.519. The molecule has 2 aromatic carbocycles. The van der Waals surface area contributed by atoms with E-state index in [1.807, 2.05) is 24.3 Å². The van der Waals surface area contributed by atoms with E-state index in [0.717, 1.165) is 9.26 Å². The van der Waals surface area contributed by atoms with Crippen LogP contribution in [0.25, 0.3) is 0 Å². The largest absolute Gasteiger partial charge is 0.489 e. The average molecular weight is 394 g/mol. The molecule has 0 aliphatic rings. The highest BCUT2D eigenvalue weighted by molar-refractivity contribution is 14.1. The summed E-state index contributed by atoms with van der Waals surface area (Å²) in [5, 5.41) is 22.0. The molecule has 0 heterocycles. The molecule has 0 saturated carbocycles. The molecule has 108 valence electrons. The molecular weight excluding hydrogens is 379 g/mol. The van der Waals surface area contributed by atoms with Gasteiger partial charge >= 0.3 is 0 Å². The average Bonchev–Trinajstić information content (AvgIpc) is 2.52. The van der Waals surface area contributed by atoms with E-state index in [2.05, 4.69) is 34.0 Å². The zero-order valence-corrected chi connectivity index (χ0v) is 13.4. The Morgan fingerprint density at radius 2 is 1.90 bits per heavy atom. The number of anilines is 1. The maximum Gasteiger partial charge on any atom is 0.137 e. The first-order chi connectivity index (χ1) is 10.2. The second-order valence-electron chi connectivity index (χ2n) is 4.46. The molecule has 0 saturated heterocycles. The fourth-order valence-electron chi connectivity index (χ4n) is 1.73. The van der Waals surface area contributed by atoms with Gasteiger partial charge in [-0.05, 0) is 59.0 Å². The molecule has 5 heteroatoms. The lowest BCUT2D eigenvalue weighted by Gasteiger charge is -2.14. The van der Waals surface area contributed by atoms with E-state index < -0.39 is 6.10 Å². The van der Waals surface area contributed by atoms with Gasteiger partial charge in [0.05, 0.1) is 5.56 Å². The van der Waals surface area contributed by atoms with Crippen LogP contribution < -0.4 is 10.1 Å². The molecule has 0 aromatic heterocycles. The highest BCUT2D eigenvalue weighted by Gasteiger charge is 2.07. The molecule has 2 aromatic rings. The molecule has 0 aliphatic heterocycles. The third kappa shape index (κ3) is 4.92. The third-order valence-electron chi connectivity index (χ3n) is 2.82. The minimum absolute atomic E-state index is 0.135. The van der Waals surface area contributed by atoms with Crippen LogP contribution in [-0.2, 0) is 0 Å². The van der Waals surface area contributed by atoms with Crippen molar-refractivity contribution in [2.45, 2.75) is 6.10 Å². The van der Waals surface area contributed by atoms with Crippen molar-refractivity contribution in [3.05, 3.63) is 57.7 Å². The van der Waals surface area contributed by atoms with Crippen LogP contribution in [0.2, 0.25) is 0 Å². The number of aliphatic hydroxyl groups excluding tert-OH is 1. The minimum Gasteiger partial charge on any atom is -0.489 e. The number of para-hydroxylation sites is 1. The Kier molecular flexibility index (Phi) is 5.84. The van der Waals surface area contributed by atoms with Crippen LogP contribution in [0.1, 0.15) is 5.56 Å². The van der Waals surface area contributed by atoms with Gasteiger partial charge in [0.25, 0.3) is 0 Å². The van der Waals surface area contributed by atoms with Gasteiger partial charge < -0.3 is 15.2 Å². The number of nitrogens with zero attached hydrogens (tertiary/aromatic N) is 1. The van der Waals surface area contributed by atoms with Crippen LogP contribution in [-0.4, -0.2) is 24.4 Å². The lowest BCUT2D eigenvalue weighted by Crippen LogP contribution is -2.26. The van der Waals surface area contributed by atoms with Crippen molar-refractivity contribution in [1.29, 1.82) is 5.26 Å². The Hall–Kier alpha value is -1.78. The van der Waals surface area contributed by atoms with Crippen LogP contribution in [0.5, 0.6) is 5.75 Å². The number of aliphatic hydroxyl groups is 1. The smallest absolute Gasteiger partial charge is 0.137 e. The molecule has 21 heavy (non-hydrogen) atoms. The van der Waals surface area contributed by atoms with E-state index in [4.69, 9.17) is 10.00 Å². The summed E-state index contributed by atoms with van der Waals surface area (Å²) in [6.07, 6.45) is -0.656. The number of rotatable bonds is 6. The van der Waals surface area contributed by atoms with Crippen molar-refractivity contribution in [2.75, 3.05) is 18.5 Å². The lowest BCUT2D eigenvalue weighted by atomic mass is 10.2. The van der Waals surface area contributed by atoms with Crippen LogP contribution in [0.4, 0.5) is 5.69 Å². The quantitative estimate of drug-likeness (QED) is 0.740. The second-order valence-corrected chi connectivity index (χ2v) is 5.71. The van der Waals surface area contributed by atoms with Crippen LogP contribution in [0.3, 0.4) is 0 Å². The van der Waals surface area contributed by atoms with Crippen LogP contribution in [0.15, 0.2) is 48.5 Å². The zero-order valence-electron chi connectivity index (χ0n) is 11.3. The molecule has 0 bridgehead atoms. The maximum absolute atomic E-state index is 9.92. The van der Waals surface area contributed by atoms with Gasteiger partial charge in [0.1, 0.15) is 24.5 Å². The van der Waals surface area contributed by atoms with E-state index >= 15 is 0 Å². The standard InChI is InChI=1S/C16H15IN2O2/c17-13-5-7-14(8-6-13)19-10-15(20)11-21-16-4-2-1-3-12(16)9-18/h1-8,15,19-20H,10-11H2. The Bertz CT molecular complexity index is 623. The van der Waals surface area contributed by atoms with Crippen molar-refractivity contribution in [3.8, 4) is 11.8 Å². The molecular formula is C16H15IN2O2. The van der Waals surface area contributed by atoms with Gasteiger partial charge in [-0.1, -0.05) is 12.1 Å². The molecule has 1 atom stereocenters. The van der Waals surface area contributed by atoms with Gasteiger partial charge in [0, 0.05) is 15.8 Å². The zero-order chi connectivity index (χ0) is 15.1. The molecule has 2 N–H and O–H groups in total. The summed E-state index contributed by atoms with van der Waals surface area (Å²) < 4.78 is 6.65. The summed E-state index contributed by atoms with van der Waals surface area (Å²) in [5.41, 5.74) is 1.42. The number of benzene rings is 2. The van der Waals surface area contributed by atoms with Gasteiger partial charge in [-0.3, -0.25) is 0 Å². The van der Waals surface area contributed by atoms with Gasteiger partial charge in [-0.2, -0.15) is 5.26 Å².